The molecule has 5 nitrogen and oxygen atoms in total. The number of nitrogens with two attached hydrogens (primary N) is 1. The van der Waals surface area contributed by atoms with Crippen molar-refractivity contribution in [1.29, 1.82) is 0 Å². The van der Waals surface area contributed by atoms with Crippen LogP contribution >= 0.6 is 0 Å². The first-order valence-corrected chi connectivity index (χ1v) is 6.45. The molecule has 0 bridgehead atoms. The Labute approximate surface area is 103 Å². The highest BCUT2D eigenvalue weighted by molar-refractivity contribution is 5.75. The van der Waals surface area contributed by atoms with Gasteiger partial charge in [-0.1, -0.05) is 6.92 Å². The van der Waals surface area contributed by atoms with E-state index in [0.29, 0.717) is 6.04 Å². The number of aliphatic hydroxyl groups is 1. The second-order valence-corrected chi connectivity index (χ2v) is 5.05. The fourth-order valence-electron chi connectivity index (χ4n) is 2.43. The van der Waals surface area contributed by atoms with Gasteiger partial charge in [0.25, 0.3) is 0 Å². The topological polar surface area (TPSA) is 78.6 Å². The molecule has 0 radical (unpaired) electrons. The van der Waals surface area contributed by atoms with Gasteiger partial charge in [-0.05, 0) is 32.2 Å². The average molecular weight is 243 g/mol. The Bertz CT molecular complexity index is 246. The molecule has 3 atom stereocenters. The zero-order chi connectivity index (χ0) is 12.8. The van der Waals surface area contributed by atoms with Crippen molar-refractivity contribution in [3.8, 4) is 0 Å². The van der Waals surface area contributed by atoms with Crippen LogP contribution in [0.4, 0.5) is 0 Å². The maximum atomic E-state index is 11.0. The van der Waals surface area contributed by atoms with Crippen LogP contribution in [0.25, 0.3) is 0 Å². The molecule has 17 heavy (non-hydrogen) atoms. The molecule has 0 spiro atoms. The third kappa shape index (κ3) is 5.02. The molecule has 0 aromatic carbocycles. The molecule has 1 amide bonds. The van der Waals surface area contributed by atoms with Gasteiger partial charge in [-0.2, -0.15) is 0 Å². The van der Waals surface area contributed by atoms with Crippen LogP contribution in [0.2, 0.25) is 0 Å². The Morgan fingerprint density at radius 2 is 2.29 bits per heavy atom. The Morgan fingerprint density at radius 1 is 1.59 bits per heavy atom. The lowest BCUT2D eigenvalue weighted by Crippen LogP contribution is -2.53. The van der Waals surface area contributed by atoms with Gasteiger partial charge in [0.2, 0.25) is 5.91 Å². The van der Waals surface area contributed by atoms with Gasteiger partial charge in [0.1, 0.15) is 0 Å². The molecule has 0 saturated carbocycles. The van der Waals surface area contributed by atoms with Crippen molar-refractivity contribution in [2.24, 2.45) is 11.7 Å². The van der Waals surface area contributed by atoms with Gasteiger partial charge in [-0.15, -0.1) is 0 Å². The minimum atomic E-state index is -0.336. The van der Waals surface area contributed by atoms with Crippen molar-refractivity contribution in [3.05, 3.63) is 0 Å². The summed E-state index contributed by atoms with van der Waals surface area (Å²) >= 11 is 0. The molecule has 3 unspecified atom stereocenters. The molecule has 0 aromatic rings. The monoisotopic (exact) mass is 243 g/mol. The molecule has 1 aliphatic rings. The molecule has 4 N–H and O–H groups in total. The van der Waals surface area contributed by atoms with E-state index in [2.05, 4.69) is 12.2 Å². The van der Waals surface area contributed by atoms with E-state index in [1.807, 2.05) is 11.8 Å². The molecule has 1 saturated heterocycles. The second-order valence-electron chi connectivity index (χ2n) is 5.05. The lowest BCUT2D eigenvalue weighted by molar-refractivity contribution is -0.120. The van der Waals surface area contributed by atoms with Gasteiger partial charge >= 0.3 is 0 Å². The summed E-state index contributed by atoms with van der Waals surface area (Å²) in [5, 5.41) is 13.2. The quantitative estimate of drug-likeness (QED) is 0.590. The van der Waals surface area contributed by atoms with Crippen LogP contribution in [0.1, 0.15) is 26.7 Å². The summed E-state index contributed by atoms with van der Waals surface area (Å²) in [6.07, 6.45) is 1.72. The predicted molar refractivity (Wildman–Crippen MR) is 67.5 cm³/mol. The summed E-state index contributed by atoms with van der Waals surface area (Å²) in [6, 6.07) is 0.350. The number of carbonyl (C=O) groups is 1. The van der Waals surface area contributed by atoms with Crippen LogP contribution in [-0.4, -0.2) is 54.2 Å². The van der Waals surface area contributed by atoms with Crippen LogP contribution in [0.15, 0.2) is 0 Å². The minimum absolute atomic E-state index is 0.220. The fourth-order valence-corrected chi connectivity index (χ4v) is 2.43. The Morgan fingerprint density at radius 3 is 2.82 bits per heavy atom. The molecule has 0 aliphatic carbocycles. The third-order valence-electron chi connectivity index (χ3n) is 3.30. The number of rotatable bonds is 6. The number of hydrogen-bond donors (Lipinski definition) is 3. The normalized spacial score (nSPS) is 27.9. The third-order valence-corrected chi connectivity index (χ3v) is 3.30. The SMILES string of the molecule is CCCNC1CC(C(C)O)CN(CC(N)=O)C1. The van der Waals surface area contributed by atoms with Crippen molar-refractivity contribution in [2.75, 3.05) is 26.2 Å². The minimum Gasteiger partial charge on any atom is -0.393 e. The smallest absolute Gasteiger partial charge is 0.231 e. The van der Waals surface area contributed by atoms with Crippen LogP contribution in [0.5, 0.6) is 0 Å². The van der Waals surface area contributed by atoms with Gasteiger partial charge in [0.05, 0.1) is 12.6 Å². The van der Waals surface area contributed by atoms with Gasteiger partial charge in [0.15, 0.2) is 0 Å². The summed E-state index contributed by atoms with van der Waals surface area (Å²) in [4.78, 5) is 13.0. The van der Waals surface area contributed by atoms with Gasteiger partial charge in [-0.3, -0.25) is 9.69 Å². The molecule has 0 aromatic heterocycles. The Kier molecular flexibility index (Phi) is 5.88. The summed E-state index contributed by atoms with van der Waals surface area (Å²) < 4.78 is 0. The van der Waals surface area contributed by atoms with E-state index in [-0.39, 0.29) is 24.5 Å². The number of carbonyl (C=O) groups excluding carboxylic acids is 1. The molecule has 1 fully saturated rings. The molecular weight excluding hydrogens is 218 g/mol. The maximum Gasteiger partial charge on any atom is 0.231 e. The van der Waals surface area contributed by atoms with Crippen molar-refractivity contribution in [1.82, 2.24) is 10.2 Å². The van der Waals surface area contributed by atoms with E-state index >= 15 is 0 Å². The standard InChI is InChI=1S/C12H25N3O2/c1-3-4-14-11-5-10(9(2)16)6-15(7-11)8-12(13)17/h9-11,14,16H,3-8H2,1-2H3,(H2,13,17). The second kappa shape index (κ2) is 6.93. The molecular formula is C12H25N3O2. The number of piperidine rings is 1. The van der Waals surface area contributed by atoms with E-state index < -0.39 is 0 Å². The van der Waals surface area contributed by atoms with Crippen molar-refractivity contribution in [3.63, 3.8) is 0 Å². The first-order chi connectivity index (χ1) is 8.02. The van der Waals surface area contributed by atoms with Crippen LogP contribution in [0.3, 0.4) is 0 Å². The maximum absolute atomic E-state index is 11.0. The van der Waals surface area contributed by atoms with Crippen molar-refractivity contribution >= 4 is 5.91 Å². The molecule has 100 valence electrons. The first kappa shape index (κ1) is 14.4. The van der Waals surface area contributed by atoms with E-state index in [4.69, 9.17) is 5.73 Å². The average Bonchev–Trinajstić information content (AvgIpc) is 2.25. The van der Waals surface area contributed by atoms with Crippen molar-refractivity contribution in [2.45, 2.75) is 38.8 Å². The highest BCUT2D eigenvalue weighted by atomic mass is 16.3. The van der Waals surface area contributed by atoms with Gasteiger partial charge in [-0.25, -0.2) is 0 Å². The summed E-state index contributed by atoms with van der Waals surface area (Å²) in [7, 11) is 0. The number of amides is 1. The molecule has 5 heteroatoms. The lowest BCUT2D eigenvalue weighted by Gasteiger charge is -2.38. The number of hydrogen-bond acceptors (Lipinski definition) is 4. The number of nitrogens with one attached hydrogen (secondary N) is 1. The zero-order valence-electron chi connectivity index (χ0n) is 10.9. The molecule has 1 rings (SSSR count). The highest BCUT2D eigenvalue weighted by Gasteiger charge is 2.29. The summed E-state index contributed by atoms with van der Waals surface area (Å²) in [5.41, 5.74) is 5.23. The van der Waals surface area contributed by atoms with Crippen molar-refractivity contribution < 1.29 is 9.90 Å². The van der Waals surface area contributed by atoms with Crippen LogP contribution in [-0.2, 0) is 4.79 Å². The fraction of sp³-hybridized carbons (Fsp3) is 0.917. The zero-order valence-corrected chi connectivity index (χ0v) is 10.9. The first-order valence-electron chi connectivity index (χ1n) is 6.45. The van der Waals surface area contributed by atoms with E-state index in [1.165, 1.54) is 0 Å². The van der Waals surface area contributed by atoms with E-state index in [9.17, 15) is 9.90 Å². The Hall–Kier alpha value is -0.650. The highest BCUT2D eigenvalue weighted by Crippen LogP contribution is 2.20. The molecule has 1 heterocycles. The van der Waals surface area contributed by atoms with E-state index in [0.717, 1.165) is 32.5 Å². The predicted octanol–water partition coefficient (Wildman–Crippen LogP) is -0.457. The van der Waals surface area contributed by atoms with E-state index in [1.54, 1.807) is 0 Å². The summed E-state index contributed by atoms with van der Waals surface area (Å²) in [5.74, 6) is -0.0806. The van der Waals surface area contributed by atoms with Gasteiger partial charge < -0.3 is 16.2 Å². The number of nitrogens with zero attached hydrogens (tertiary/aromatic N) is 1. The summed E-state index contributed by atoms with van der Waals surface area (Å²) in [6.45, 7) is 6.80. The van der Waals surface area contributed by atoms with Crippen LogP contribution in [0, 0.1) is 5.92 Å². The number of likely N-dealkylation sites (tertiary alicyclic amines) is 1. The van der Waals surface area contributed by atoms with Gasteiger partial charge in [0, 0.05) is 19.1 Å². The number of primary amides is 1. The number of aliphatic hydroxyl groups excluding tert-OH is 1. The lowest BCUT2D eigenvalue weighted by atomic mass is 9.90. The Balaban J connectivity index is 2.52. The van der Waals surface area contributed by atoms with Crippen LogP contribution < -0.4 is 11.1 Å². The molecule has 1 aliphatic heterocycles. The largest absolute Gasteiger partial charge is 0.393 e.